The van der Waals surface area contributed by atoms with Gasteiger partial charge in [0.15, 0.2) is 5.75 Å². The number of carbonyl (C=O) groups is 2. The number of carbonyl (C=O) groups excluding carboxylic acids is 2. The molecule has 0 aliphatic heterocycles. The Balaban J connectivity index is 1.81. The van der Waals surface area contributed by atoms with Crippen molar-refractivity contribution >= 4 is 81.8 Å². The lowest BCUT2D eigenvalue weighted by molar-refractivity contribution is 0.0732. The second-order valence-electron chi connectivity index (χ2n) is 5.80. The van der Waals surface area contributed by atoms with Crippen LogP contribution in [0.4, 0.5) is 0 Å². The van der Waals surface area contributed by atoms with Crippen LogP contribution in [0.15, 0.2) is 77.9 Å². The van der Waals surface area contributed by atoms with E-state index in [4.69, 9.17) is 4.74 Å². The molecule has 0 unspecified atom stereocenters. The van der Waals surface area contributed by atoms with Crippen LogP contribution in [0.1, 0.15) is 26.3 Å². The number of halogens is 4. The molecule has 0 bridgehead atoms. The molecule has 6 nitrogen and oxygen atoms in total. The van der Waals surface area contributed by atoms with Crippen molar-refractivity contribution in [1.29, 1.82) is 0 Å². The molecular weight excluding hydrogens is 650 g/mol. The summed E-state index contributed by atoms with van der Waals surface area (Å²) in [7, 11) is 0. The van der Waals surface area contributed by atoms with Gasteiger partial charge in [0.1, 0.15) is 0 Å². The van der Waals surface area contributed by atoms with Gasteiger partial charge < -0.3 is 4.74 Å². The van der Waals surface area contributed by atoms with E-state index in [0.29, 0.717) is 25.6 Å². The molecule has 0 atom stereocenters. The normalized spacial score (nSPS) is 10.8. The number of hydrogen-bond donors (Lipinski definition) is 1. The molecule has 0 saturated heterocycles. The molecule has 1 amide bonds. The van der Waals surface area contributed by atoms with Crippen LogP contribution in [0.5, 0.6) is 5.75 Å². The fourth-order valence-corrected chi connectivity index (χ4v) is 4.42. The first kappa shape index (κ1) is 22.8. The number of nitrogens with one attached hydrogen (secondary N) is 1. The predicted molar refractivity (Wildman–Crippen MR) is 128 cm³/mol. The third-order valence-corrected chi connectivity index (χ3v) is 5.60. The molecule has 1 heterocycles. The molecule has 0 saturated carbocycles. The molecule has 0 fully saturated rings. The van der Waals surface area contributed by atoms with E-state index in [0.717, 1.165) is 8.95 Å². The van der Waals surface area contributed by atoms with Gasteiger partial charge in [0.2, 0.25) is 0 Å². The summed E-state index contributed by atoms with van der Waals surface area (Å²) in [6, 6.07) is 11.9. The lowest BCUT2D eigenvalue weighted by Gasteiger charge is -2.11. The second kappa shape index (κ2) is 10.4. The smallest absolute Gasteiger partial charge is 0.343 e. The van der Waals surface area contributed by atoms with Gasteiger partial charge in [-0.3, -0.25) is 9.78 Å². The van der Waals surface area contributed by atoms with Crippen molar-refractivity contribution < 1.29 is 14.3 Å². The summed E-state index contributed by atoms with van der Waals surface area (Å²) in [6.07, 6.45) is 4.39. The van der Waals surface area contributed by atoms with Gasteiger partial charge in [0, 0.05) is 31.4 Å². The number of aromatic nitrogens is 1. The summed E-state index contributed by atoms with van der Waals surface area (Å²) < 4.78 is 8.30. The third-order valence-electron chi connectivity index (χ3n) is 3.63. The van der Waals surface area contributed by atoms with E-state index in [-0.39, 0.29) is 5.75 Å². The van der Waals surface area contributed by atoms with Gasteiger partial charge in [-0.2, -0.15) is 5.10 Å². The van der Waals surface area contributed by atoms with Crippen molar-refractivity contribution in [3.05, 3.63) is 89.4 Å². The highest BCUT2D eigenvalue weighted by Crippen LogP contribution is 2.33. The zero-order valence-electron chi connectivity index (χ0n) is 14.9. The number of pyridine rings is 1. The minimum atomic E-state index is -0.529. The topological polar surface area (TPSA) is 80.6 Å². The van der Waals surface area contributed by atoms with Gasteiger partial charge in [-0.25, -0.2) is 10.2 Å². The highest BCUT2D eigenvalue weighted by molar-refractivity contribution is 9.11. The Labute approximate surface area is 205 Å². The summed E-state index contributed by atoms with van der Waals surface area (Å²) in [6.45, 7) is 0. The lowest BCUT2D eigenvalue weighted by atomic mass is 10.2. The molecule has 0 aliphatic rings. The minimum Gasteiger partial charge on any atom is -0.421 e. The van der Waals surface area contributed by atoms with Gasteiger partial charge in [-0.05, 0) is 68.3 Å². The summed E-state index contributed by atoms with van der Waals surface area (Å²) in [5.41, 5.74) is 3.64. The van der Waals surface area contributed by atoms with Crippen LogP contribution in [-0.4, -0.2) is 23.1 Å². The molecule has 3 rings (SSSR count). The Hall–Kier alpha value is -1.88. The van der Waals surface area contributed by atoms with Crippen molar-refractivity contribution in [1.82, 2.24) is 10.4 Å². The van der Waals surface area contributed by atoms with E-state index in [1.54, 1.807) is 42.6 Å². The molecule has 152 valence electrons. The quantitative estimate of drug-likeness (QED) is 0.155. The average molecular weight is 661 g/mol. The van der Waals surface area contributed by atoms with Crippen molar-refractivity contribution in [2.75, 3.05) is 0 Å². The SMILES string of the molecule is O=C(N/N=C/c1cc(Br)cc(Br)c1OC(=O)c1cccc(Br)c1)c1cncc(Br)c1. The predicted octanol–water partition coefficient (Wildman–Crippen LogP) is 6.11. The molecule has 0 radical (unpaired) electrons. The number of esters is 1. The monoisotopic (exact) mass is 657 g/mol. The summed E-state index contributed by atoms with van der Waals surface area (Å²) in [4.78, 5) is 28.7. The maximum Gasteiger partial charge on any atom is 0.343 e. The first-order valence-electron chi connectivity index (χ1n) is 8.24. The van der Waals surface area contributed by atoms with Gasteiger partial charge in [-0.1, -0.05) is 37.9 Å². The van der Waals surface area contributed by atoms with E-state index in [9.17, 15) is 9.59 Å². The van der Waals surface area contributed by atoms with E-state index in [1.165, 1.54) is 12.4 Å². The van der Waals surface area contributed by atoms with Gasteiger partial charge in [0.25, 0.3) is 5.91 Å². The number of benzene rings is 2. The largest absolute Gasteiger partial charge is 0.421 e. The van der Waals surface area contributed by atoms with Crippen LogP contribution >= 0.6 is 63.7 Å². The Morgan fingerprint density at radius 3 is 2.43 bits per heavy atom. The first-order chi connectivity index (χ1) is 14.3. The highest BCUT2D eigenvalue weighted by Gasteiger charge is 2.16. The van der Waals surface area contributed by atoms with E-state index < -0.39 is 11.9 Å². The second-order valence-corrected chi connectivity index (χ2v) is 9.40. The van der Waals surface area contributed by atoms with Crippen LogP contribution in [0.3, 0.4) is 0 Å². The maximum absolute atomic E-state index is 12.6. The van der Waals surface area contributed by atoms with Gasteiger partial charge in [0.05, 0.1) is 21.8 Å². The fraction of sp³-hybridized carbons (Fsp3) is 0. The molecule has 30 heavy (non-hydrogen) atoms. The number of nitrogens with zero attached hydrogens (tertiary/aromatic N) is 2. The number of hydrogen-bond acceptors (Lipinski definition) is 5. The summed E-state index contributed by atoms with van der Waals surface area (Å²) >= 11 is 13.4. The van der Waals surface area contributed by atoms with Gasteiger partial charge >= 0.3 is 5.97 Å². The molecule has 0 spiro atoms. The number of ether oxygens (including phenoxy) is 1. The average Bonchev–Trinajstić information content (AvgIpc) is 2.70. The van der Waals surface area contributed by atoms with Crippen LogP contribution < -0.4 is 10.2 Å². The minimum absolute atomic E-state index is 0.269. The molecule has 2 aromatic carbocycles. The molecule has 3 aromatic rings. The number of rotatable bonds is 5. The Morgan fingerprint density at radius 2 is 1.70 bits per heavy atom. The van der Waals surface area contributed by atoms with Gasteiger partial charge in [-0.15, -0.1) is 0 Å². The highest BCUT2D eigenvalue weighted by atomic mass is 79.9. The van der Waals surface area contributed by atoms with Crippen LogP contribution in [-0.2, 0) is 0 Å². The summed E-state index contributed by atoms with van der Waals surface area (Å²) in [5, 5.41) is 3.98. The standard InChI is InChI=1S/C20H11Br4N3O3/c21-14-3-1-2-11(4-14)20(29)30-18-12(5-15(22)7-17(18)24)9-26-27-19(28)13-6-16(23)10-25-8-13/h1-10H,(H,27,28)/b26-9+. The molecule has 1 aromatic heterocycles. The molecule has 0 aliphatic carbocycles. The van der Waals surface area contributed by atoms with Crippen molar-refractivity contribution in [3.8, 4) is 5.75 Å². The first-order valence-corrected chi connectivity index (χ1v) is 11.4. The van der Waals surface area contributed by atoms with Crippen molar-refractivity contribution in [2.45, 2.75) is 0 Å². The van der Waals surface area contributed by atoms with E-state index in [2.05, 4.69) is 79.2 Å². The molecular formula is C20H11Br4N3O3. The van der Waals surface area contributed by atoms with Crippen LogP contribution in [0, 0.1) is 0 Å². The van der Waals surface area contributed by atoms with Crippen LogP contribution in [0.2, 0.25) is 0 Å². The third kappa shape index (κ3) is 6.07. The van der Waals surface area contributed by atoms with Crippen molar-refractivity contribution in [2.24, 2.45) is 5.10 Å². The zero-order valence-corrected chi connectivity index (χ0v) is 21.2. The zero-order chi connectivity index (χ0) is 21.7. The Kier molecular flexibility index (Phi) is 7.93. The maximum atomic E-state index is 12.6. The lowest BCUT2D eigenvalue weighted by Crippen LogP contribution is -2.18. The molecule has 10 heteroatoms. The Bertz CT molecular complexity index is 1150. The summed E-state index contributed by atoms with van der Waals surface area (Å²) in [5.74, 6) is -0.690. The Morgan fingerprint density at radius 1 is 0.933 bits per heavy atom. The van der Waals surface area contributed by atoms with Crippen LogP contribution in [0.25, 0.3) is 0 Å². The van der Waals surface area contributed by atoms with E-state index >= 15 is 0 Å². The fourth-order valence-electron chi connectivity index (χ4n) is 2.31. The van der Waals surface area contributed by atoms with E-state index in [1.807, 2.05) is 6.07 Å². The number of hydrazone groups is 1. The number of amides is 1. The molecule has 1 N–H and O–H groups in total. The van der Waals surface area contributed by atoms with Crippen molar-refractivity contribution in [3.63, 3.8) is 0 Å².